The van der Waals surface area contributed by atoms with Crippen LogP contribution in [-0.4, -0.2) is 46.0 Å². The lowest BCUT2D eigenvalue weighted by Gasteiger charge is -2.17. The fourth-order valence-corrected chi connectivity index (χ4v) is 2.79. The van der Waals surface area contributed by atoms with Crippen LogP contribution in [0.1, 0.15) is 5.56 Å². The van der Waals surface area contributed by atoms with E-state index < -0.39 is 10.0 Å². The Balaban J connectivity index is 1.79. The molecule has 1 amide bonds. The van der Waals surface area contributed by atoms with Crippen LogP contribution in [0.3, 0.4) is 0 Å². The number of hydrogen-bond donors (Lipinski definition) is 2. The Bertz CT molecular complexity index is 851. The van der Waals surface area contributed by atoms with Crippen LogP contribution < -0.4 is 15.2 Å². The lowest BCUT2D eigenvalue weighted by atomic mass is 10.2. The first kappa shape index (κ1) is 19.9. The monoisotopic (exact) mass is 377 g/mol. The number of ether oxygens (including phenoxy) is 1. The topological polar surface area (TPSA) is 102 Å². The van der Waals surface area contributed by atoms with Gasteiger partial charge in [-0.1, -0.05) is 23.8 Å². The third-order valence-electron chi connectivity index (χ3n) is 3.62. The van der Waals surface area contributed by atoms with Gasteiger partial charge in [-0.05, 0) is 44.3 Å². The second kappa shape index (κ2) is 8.79. The van der Waals surface area contributed by atoms with Gasteiger partial charge in [-0.3, -0.25) is 9.69 Å². The van der Waals surface area contributed by atoms with Crippen LogP contribution in [0.15, 0.2) is 53.4 Å². The van der Waals surface area contributed by atoms with E-state index in [1.807, 2.05) is 36.1 Å². The van der Waals surface area contributed by atoms with E-state index in [4.69, 9.17) is 9.88 Å². The molecule has 2 rings (SSSR count). The van der Waals surface area contributed by atoms with Gasteiger partial charge in [-0.15, -0.1) is 0 Å². The molecule has 0 aliphatic carbocycles. The Morgan fingerprint density at radius 3 is 2.54 bits per heavy atom. The molecule has 0 aromatic heterocycles. The summed E-state index contributed by atoms with van der Waals surface area (Å²) in [5.41, 5.74) is 1.54. The Kier molecular flexibility index (Phi) is 6.73. The van der Waals surface area contributed by atoms with E-state index in [9.17, 15) is 13.2 Å². The summed E-state index contributed by atoms with van der Waals surface area (Å²) in [4.78, 5) is 13.8. The number of carbonyl (C=O) groups excluding carboxylic acids is 1. The van der Waals surface area contributed by atoms with Crippen molar-refractivity contribution in [3.63, 3.8) is 0 Å². The first-order valence-electron chi connectivity index (χ1n) is 8.05. The summed E-state index contributed by atoms with van der Waals surface area (Å²) in [7, 11) is -2.00. The van der Waals surface area contributed by atoms with Crippen LogP contribution in [0, 0.1) is 6.92 Å². The number of anilines is 1. The number of nitrogens with one attached hydrogen (secondary N) is 1. The largest absolute Gasteiger partial charge is 0.492 e. The molecule has 0 atom stereocenters. The summed E-state index contributed by atoms with van der Waals surface area (Å²) in [6, 6.07) is 13.6. The van der Waals surface area contributed by atoms with Gasteiger partial charge < -0.3 is 10.1 Å². The van der Waals surface area contributed by atoms with Gasteiger partial charge >= 0.3 is 0 Å². The maximum atomic E-state index is 12.1. The highest BCUT2D eigenvalue weighted by Crippen LogP contribution is 2.14. The molecule has 2 aromatic rings. The van der Waals surface area contributed by atoms with E-state index in [1.54, 1.807) is 13.1 Å². The molecule has 0 heterocycles. The second-order valence-corrected chi connectivity index (χ2v) is 7.58. The molecule has 2 aromatic carbocycles. The number of hydrogen-bond acceptors (Lipinski definition) is 5. The fourth-order valence-electron chi connectivity index (χ4n) is 2.23. The molecule has 7 nitrogen and oxygen atoms in total. The molecule has 140 valence electrons. The number of carbonyl (C=O) groups is 1. The van der Waals surface area contributed by atoms with Crippen LogP contribution in [0.5, 0.6) is 5.75 Å². The van der Waals surface area contributed by atoms with Gasteiger partial charge in [0.05, 0.1) is 11.4 Å². The summed E-state index contributed by atoms with van der Waals surface area (Å²) in [6.07, 6.45) is 0. The van der Waals surface area contributed by atoms with Crippen molar-refractivity contribution in [2.45, 2.75) is 11.8 Å². The highest BCUT2D eigenvalue weighted by atomic mass is 32.2. The van der Waals surface area contributed by atoms with Crippen molar-refractivity contribution in [3.8, 4) is 5.75 Å². The zero-order chi connectivity index (χ0) is 19.2. The molecule has 0 aliphatic heterocycles. The standard InChI is InChI=1S/C18H23N3O4S/c1-14-6-8-16(9-7-14)25-11-10-21(2)13-18(22)20-15-4-3-5-17(12-15)26(19,23)24/h3-9,12H,10-11,13H2,1-2H3,(H,20,22)(H2,19,23,24). The Morgan fingerprint density at radius 2 is 1.88 bits per heavy atom. The summed E-state index contributed by atoms with van der Waals surface area (Å²) >= 11 is 0. The first-order valence-corrected chi connectivity index (χ1v) is 9.59. The summed E-state index contributed by atoms with van der Waals surface area (Å²) in [5.74, 6) is 0.530. The molecule has 26 heavy (non-hydrogen) atoms. The van der Waals surface area contributed by atoms with E-state index in [2.05, 4.69) is 5.32 Å². The molecule has 0 saturated heterocycles. The van der Waals surface area contributed by atoms with Crippen molar-refractivity contribution in [2.24, 2.45) is 5.14 Å². The van der Waals surface area contributed by atoms with Gasteiger partial charge in [0.1, 0.15) is 12.4 Å². The smallest absolute Gasteiger partial charge is 0.238 e. The predicted octanol–water partition coefficient (Wildman–Crippen LogP) is 1.59. The predicted molar refractivity (Wildman–Crippen MR) is 101 cm³/mol. The van der Waals surface area contributed by atoms with Crippen LogP contribution in [0.25, 0.3) is 0 Å². The molecule has 0 saturated carbocycles. The molecule has 3 N–H and O–H groups in total. The second-order valence-electron chi connectivity index (χ2n) is 6.02. The number of aryl methyl sites for hydroxylation is 1. The van der Waals surface area contributed by atoms with E-state index in [0.717, 1.165) is 11.3 Å². The summed E-state index contributed by atoms with van der Waals surface area (Å²) in [6.45, 7) is 3.18. The number of primary sulfonamides is 1. The number of rotatable bonds is 8. The van der Waals surface area contributed by atoms with Gasteiger partial charge in [0.15, 0.2) is 0 Å². The Hall–Kier alpha value is -2.42. The molecule has 0 spiro atoms. The minimum Gasteiger partial charge on any atom is -0.492 e. The molecule has 0 radical (unpaired) electrons. The average molecular weight is 377 g/mol. The molecular weight excluding hydrogens is 354 g/mol. The molecule has 8 heteroatoms. The lowest BCUT2D eigenvalue weighted by molar-refractivity contribution is -0.117. The van der Waals surface area contributed by atoms with E-state index in [0.29, 0.717) is 18.8 Å². The maximum absolute atomic E-state index is 12.1. The van der Waals surface area contributed by atoms with Gasteiger partial charge in [-0.25, -0.2) is 13.6 Å². The summed E-state index contributed by atoms with van der Waals surface area (Å²) < 4.78 is 28.3. The number of nitrogens with two attached hydrogens (primary N) is 1. The minimum atomic E-state index is -3.80. The van der Waals surface area contributed by atoms with E-state index in [1.165, 1.54) is 18.2 Å². The van der Waals surface area contributed by atoms with Gasteiger partial charge in [-0.2, -0.15) is 0 Å². The average Bonchev–Trinajstić information content (AvgIpc) is 2.56. The van der Waals surface area contributed by atoms with Crippen molar-refractivity contribution in [3.05, 3.63) is 54.1 Å². The zero-order valence-corrected chi connectivity index (χ0v) is 15.6. The van der Waals surface area contributed by atoms with Crippen molar-refractivity contribution in [1.82, 2.24) is 4.90 Å². The normalized spacial score (nSPS) is 11.4. The van der Waals surface area contributed by atoms with Crippen molar-refractivity contribution < 1.29 is 17.9 Å². The quantitative estimate of drug-likeness (QED) is 0.727. The molecule has 0 fully saturated rings. The molecule has 0 bridgehead atoms. The van der Waals surface area contributed by atoms with Crippen LogP contribution in [0.2, 0.25) is 0 Å². The molecule has 0 unspecified atom stereocenters. The zero-order valence-electron chi connectivity index (χ0n) is 14.8. The third kappa shape index (κ3) is 6.47. The lowest BCUT2D eigenvalue weighted by Crippen LogP contribution is -2.33. The van der Waals surface area contributed by atoms with Crippen molar-refractivity contribution in [2.75, 3.05) is 32.1 Å². The van der Waals surface area contributed by atoms with Crippen LogP contribution >= 0.6 is 0 Å². The SMILES string of the molecule is Cc1ccc(OCCN(C)CC(=O)Nc2cccc(S(N)(=O)=O)c2)cc1. The highest BCUT2D eigenvalue weighted by molar-refractivity contribution is 7.89. The number of nitrogens with zero attached hydrogens (tertiary/aromatic N) is 1. The number of sulfonamides is 1. The summed E-state index contributed by atoms with van der Waals surface area (Å²) in [5, 5.41) is 7.74. The third-order valence-corrected chi connectivity index (χ3v) is 4.53. The van der Waals surface area contributed by atoms with Crippen LogP contribution in [0.4, 0.5) is 5.69 Å². The molecular formula is C18H23N3O4S. The Labute approximate surface area is 153 Å². The van der Waals surface area contributed by atoms with Crippen LogP contribution in [-0.2, 0) is 14.8 Å². The highest BCUT2D eigenvalue weighted by Gasteiger charge is 2.11. The van der Waals surface area contributed by atoms with Gasteiger partial charge in [0.25, 0.3) is 0 Å². The number of benzene rings is 2. The molecule has 0 aliphatic rings. The minimum absolute atomic E-state index is 0.0462. The van der Waals surface area contributed by atoms with E-state index in [-0.39, 0.29) is 17.3 Å². The maximum Gasteiger partial charge on any atom is 0.238 e. The Morgan fingerprint density at radius 1 is 1.19 bits per heavy atom. The fraction of sp³-hybridized carbons (Fsp3) is 0.278. The van der Waals surface area contributed by atoms with Crippen molar-refractivity contribution >= 4 is 21.6 Å². The number of amides is 1. The first-order chi connectivity index (χ1) is 12.2. The van der Waals surface area contributed by atoms with Gasteiger partial charge in [0, 0.05) is 12.2 Å². The van der Waals surface area contributed by atoms with E-state index >= 15 is 0 Å². The van der Waals surface area contributed by atoms with Crippen molar-refractivity contribution in [1.29, 1.82) is 0 Å². The van der Waals surface area contributed by atoms with Gasteiger partial charge in [0.2, 0.25) is 15.9 Å². The number of likely N-dealkylation sites (N-methyl/N-ethyl adjacent to an activating group) is 1.